The number of hydrogen-bond donors (Lipinski definition) is 1. The van der Waals surface area contributed by atoms with Crippen LogP contribution >= 0.6 is 0 Å². The Bertz CT molecular complexity index is 571. The van der Waals surface area contributed by atoms with E-state index in [0.717, 1.165) is 12.1 Å². The minimum atomic E-state index is -1.32. The first-order valence-electron chi connectivity index (χ1n) is 4.65. The first-order chi connectivity index (χ1) is 8.08. The third kappa shape index (κ3) is 2.22. The zero-order valence-corrected chi connectivity index (χ0v) is 8.75. The summed E-state index contributed by atoms with van der Waals surface area (Å²) >= 11 is 0. The number of aromatic nitrogens is 4. The molecule has 1 aromatic heterocycles. The van der Waals surface area contributed by atoms with Crippen LogP contribution in [0.5, 0.6) is 0 Å². The van der Waals surface area contributed by atoms with Crippen LogP contribution in [-0.4, -0.2) is 31.5 Å². The number of hydrogen-bond acceptors (Lipinski definition) is 5. The quantitative estimate of drug-likeness (QED) is 0.836. The van der Waals surface area contributed by atoms with Gasteiger partial charge in [0.25, 0.3) is 0 Å². The second-order valence-corrected chi connectivity index (χ2v) is 3.27. The molecule has 1 N–H and O–H groups in total. The lowest BCUT2D eigenvalue weighted by Crippen LogP contribution is -2.02. The van der Waals surface area contributed by atoms with E-state index in [0.29, 0.717) is 11.4 Å². The maximum absolute atomic E-state index is 13.4. The van der Waals surface area contributed by atoms with Gasteiger partial charge in [0, 0.05) is 5.56 Å². The van der Waals surface area contributed by atoms with Crippen molar-refractivity contribution in [1.82, 2.24) is 20.4 Å². The van der Waals surface area contributed by atoms with E-state index in [1.165, 1.54) is 6.07 Å². The molecule has 0 aliphatic heterocycles. The summed E-state index contributed by atoms with van der Waals surface area (Å²) in [4.78, 5) is 10.6. The molecule has 86 valence electrons. The van der Waals surface area contributed by atoms with Crippen LogP contribution in [0.25, 0.3) is 11.4 Å². The Morgan fingerprint density at radius 2 is 1.88 bits per heavy atom. The van der Waals surface area contributed by atoms with Gasteiger partial charge in [0.15, 0.2) is 5.82 Å². The van der Waals surface area contributed by atoms with E-state index in [1.807, 2.05) is 0 Å². The molecule has 0 saturated carbocycles. The lowest BCUT2D eigenvalue weighted by atomic mass is 10.1. The Labute approximate surface area is 95.2 Å². The molecule has 0 unspecified atom stereocenters. The molecule has 0 saturated heterocycles. The number of nitrogens with zero attached hydrogens (tertiary/aromatic N) is 4. The highest BCUT2D eigenvalue weighted by Gasteiger charge is 2.12. The van der Waals surface area contributed by atoms with E-state index in [1.54, 1.807) is 6.92 Å². The Morgan fingerprint density at radius 1 is 1.24 bits per heavy atom. The van der Waals surface area contributed by atoms with Crippen molar-refractivity contribution in [1.29, 1.82) is 0 Å². The average molecular weight is 234 g/mol. The fourth-order valence-electron chi connectivity index (χ4n) is 1.22. The molecule has 6 nitrogen and oxygen atoms in total. The molecule has 2 rings (SSSR count). The molecule has 0 bridgehead atoms. The van der Waals surface area contributed by atoms with Gasteiger partial charge in [-0.1, -0.05) is 0 Å². The second-order valence-electron chi connectivity index (χ2n) is 3.27. The van der Waals surface area contributed by atoms with E-state index in [9.17, 15) is 9.18 Å². The fraction of sp³-hybridized carbons (Fsp3) is 0.100. The number of aromatic carboxylic acids is 1. The van der Waals surface area contributed by atoms with Crippen LogP contribution in [0.1, 0.15) is 16.2 Å². The number of benzene rings is 1. The summed E-state index contributed by atoms with van der Waals surface area (Å²) in [5, 5.41) is 23.5. The monoisotopic (exact) mass is 234 g/mol. The van der Waals surface area contributed by atoms with Crippen LogP contribution in [0.15, 0.2) is 18.2 Å². The molecular weight excluding hydrogens is 227 g/mol. The molecule has 1 heterocycles. The van der Waals surface area contributed by atoms with Gasteiger partial charge in [-0.15, -0.1) is 20.4 Å². The van der Waals surface area contributed by atoms with Crippen molar-refractivity contribution in [3.63, 3.8) is 0 Å². The third-order valence-electron chi connectivity index (χ3n) is 2.04. The normalized spacial score (nSPS) is 10.2. The number of carboxylic acid groups (broad SMARTS) is 1. The highest BCUT2D eigenvalue weighted by molar-refractivity contribution is 5.88. The largest absolute Gasteiger partial charge is 0.478 e. The molecule has 0 aliphatic carbocycles. The SMILES string of the molecule is Cc1nnc(-c2ccc(C(=O)O)c(F)c2)nn1. The van der Waals surface area contributed by atoms with Crippen LogP contribution in [0, 0.1) is 12.7 Å². The Balaban J connectivity index is 2.44. The first-order valence-corrected chi connectivity index (χ1v) is 4.65. The topological polar surface area (TPSA) is 88.9 Å². The summed E-state index contributed by atoms with van der Waals surface area (Å²) in [7, 11) is 0. The number of aryl methyl sites for hydroxylation is 1. The van der Waals surface area contributed by atoms with Gasteiger partial charge in [-0.3, -0.25) is 0 Å². The summed E-state index contributed by atoms with van der Waals surface area (Å²) < 4.78 is 13.4. The Morgan fingerprint density at radius 3 is 2.41 bits per heavy atom. The van der Waals surface area contributed by atoms with Crippen LogP contribution in [0.3, 0.4) is 0 Å². The van der Waals surface area contributed by atoms with E-state index in [2.05, 4.69) is 20.4 Å². The summed E-state index contributed by atoms with van der Waals surface area (Å²) in [5.41, 5.74) is -0.0747. The highest BCUT2D eigenvalue weighted by atomic mass is 19.1. The molecule has 17 heavy (non-hydrogen) atoms. The standard InChI is InChI=1S/C10H7FN4O2/c1-5-12-14-9(15-13-5)6-2-3-7(10(16)17)8(11)4-6/h2-4H,1H3,(H,16,17). The van der Waals surface area contributed by atoms with Crippen molar-refractivity contribution < 1.29 is 14.3 Å². The van der Waals surface area contributed by atoms with Crippen LogP contribution in [0.2, 0.25) is 0 Å². The zero-order valence-electron chi connectivity index (χ0n) is 8.75. The fourth-order valence-corrected chi connectivity index (χ4v) is 1.22. The maximum Gasteiger partial charge on any atom is 0.338 e. The van der Waals surface area contributed by atoms with Gasteiger partial charge in [-0.25, -0.2) is 9.18 Å². The summed E-state index contributed by atoms with van der Waals surface area (Å²) in [6.07, 6.45) is 0. The minimum Gasteiger partial charge on any atom is -0.478 e. The van der Waals surface area contributed by atoms with Crippen LogP contribution in [0.4, 0.5) is 4.39 Å². The molecule has 1 aromatic carbocycles. The lowest BCUT2D eigenvalue weighted by molar-refractivity contribution is 0.0692. The van der Waals surface area contributed by atoms with E-state index >= 15 is 0 Å². The number of carbonyl (C=O) groups is 1. The predicted molar refractivity (Wildman–Crippen MR) is 54.7 cm³/mol. The van der Waals surface area contributed by atoms with Gasteiger partial charge in [0.1, 0.15) is 5.82 Å². The van der Waals surface area contributed by atoms with Gasteiger partial charge in [0.05, 0.1) is 5.56 Å². The third-order valence-corrected chi connectivity index (χ3v) is 2.04. The Hall–Kier alpha value is -2.44. The predicted octanol–water partition coefficient (Wildman–Crippen LogP) is 1.08. The minimum absolute atomic E-state index is 0.145. The average Bonchev–Trinajstić information content (AvgIpc) is 2.29. The maximum atomic E-state index is 13.4. The summed E-state index contributed by atoms with van der Waals surface area (Å²) in [6.45, 7) is 1.62. The summed E-state index contributed by atoms with van der Waals surface area (Å²) in [6, 6.07) is 3.59. The molecule has 0 spiro atoms. The first kappa shape index (κ1) is 11.1. The Kier molecular flexibility index (Phi) is 2.73. The molecule has 7 heteroatoms. The van der Waals surface area contributed by atoms with Gasteiger partial charge in [0.2, 0.25) is 5.82 Å². The highest BCUT2D eigenvalue weighted by Crippen LogP contribution is 2.17. The van der Waals surface area contributed by atoms with Crippen molar-refractivity contribution >= 4 is 5.97 Å². The molecule has 0 atom stereocenters. The van der Waals surface area contributed by atoms with Crippen LogP contribution < -0.4 is 0 Å². The number of carboxylic acids is 1. The van der Waals surface area contributed by atoms with Gasteiger partial charge >= 0.3 is 5.97 Å². The van der Waals surface area contributed by atoms with Gasteiger partial charge in [-0.05, 0) is 25.1 Å². The van der Waals surface area contributed by atoms with E-state index in [-0.39, 0.29) is 5.82 Å². The van der Waals surface area contributed by atoms with Crippen molar-refractivity contribution in [3.8, 4) is 11.4 Å². The van der Waals surface area contributed by atoms with Crippen molar-refractivity contribution in [3.05, 3.63) is 35.4 Å². The molecule has 0 amide bonds. The van der Waals surface area contributed by atoms with Gasteiger partial charge < -0.3 is 5.11 Å². The van der Waals surface area contributed by atoms with E-state index in [4.69, 9.17) is 5.11 Å². The smallest absolute Gasteiger partial charge is 0.338 e. The molecular formula is C10H7FN4O2. The van der Waals surface area contributed by atoms with Crippen molar-refractivity contribution in [2.75, 3.05) is 0 Å². The molecule has 0 fully saturated rings. The zero-order chi connectivity index (χ0) is 12.4. The second kappa shape index (κ2) is 4.20. The van der Waals surface area contributed by atoms with Gasteiger partial charge in [-0.2, -0.15) is 0 Å². The number of halogens is 1. The summed E-state index contributed by atoms with van der Waals surface area (Å²) in [5.74, 6) is -1.63. The van der Waals surface area contributed by atoms with Crippen molar-refractivity contribution in [2.45, 2.75) is 6.92 Å². The van der Waals surface area contributed by atoms with Crippen LogP contribution in [-0.2, 0) is 0 Å². The number of rotatable bonds is 2. The lowest BCUT2D eigenvalue weighted by Gasteiger charge is -2.01. The molecule has 0 aliphatic rings. The van der Waals surface area contributed by atoms with Crippen molar-refractivity contribution in [2.24, 2.45) is 0 Å². The van der Waals surface area contributed by atoms with E-state index < -0.39 is 17.3 Å². The molecule has 0 radical (unpaired) electrons. The molecule has 2 aromatic rings.